The first-order valence-electron chi connectivity index (χ1n) is 4.63. The molecule has 3 atom stereocenters. The number of carbonyl (C=O) groups is 1. The van der Waals surface area contributed by atoms with Crippen molar-refractivity contribution in [1.29, 1.82) is 0 Å². The van der Waals surface area contributed by atoms with Crippen LogP contribution >= 0.6 is 34.8 Å². The van der Waals surface area contributed by atoms with Crippen molar-refractivity contribution in [2.75, 3.05) is 0 Å². The Kier molecular flexibility index (Phi) is 2.11. The largest absolute Gasteiger partial charge is 0.460 e. The monoisotopic (exact) mass is 243 g/mol. The zero-order valence-corrected chi connectivity index (χ0v) is 8.99. The highest BCUT2D eigenvalue weighted by atomic mass is 35.5. The zero-order chi connectivity index (χ0) is 10.6. The van der Waals surface area contributed by atoms with Gasteiger partial charge in [-0.15, -0.1) is 11.6 Å². The second-order valence-corrected chi connectivity index (χ2v) is 5.31. The van der Waals surface area contributed by atoms with Crippen molar-refractivity contribution in [3.05, 3.63) is 0 Å². The van der Waals surface area contributed by atoms with Crippen LogP contribution in [-0.2, 0) is 9.53 Å². The fourth-order valence-electron chi connectivity index (χ4n) is 1.85. The Morgan fingerprint density at radius 3 is 2.85 bits per heavy atom. The minimum absolute atomic E-state index is 0.373. The number of rotatable bonds is 0. The molecule has 0 radical (unpaired) electrons. The third-order valence-electron chi connectivity index (χ3n) is 2.50. The van der Waals surface area contributed by atoms with Crippen LogP contribution in [0.4, 0.5) is 0 Å². The molecule has 1 aliphatic heterocycles. The van der Waals surface area contributed by atoms with Gasteiger partial charge in [0.1, 0.15) is 6.08 Å². The summed E-state index contributed by atoms with van der Waals surface area (Å²) in [6.07, 6.45) is 0.592. The average Bonchev–Trinajstić information content (AvgIpc) is 2.19. The summed E-state index contributed by atoms with van der Waals surface area (Å²) >= 11 is 17.8. The van der Waals surface area contributed by atoms with E-state index in [1.807, 2.05) is 0 Å². The van der Waals surface area contributed by atoms with Gasteiger partial charge in [-0.05, 0) is 19.3 Å². The average molecular weight is 245 g/mol. The highest BCUT2D eigenvalue weighted by Gasteiger charge is 2.59. The molecule has 0 spiro atoms. The number of alkyl halides is 3. The second kappa shape index (κ2) is 3.18. The van der Waals surface area contributed by atoms with Gasteiger partial charge in [0, 0.05) is 5.38 Å². The minimum atomic E-state index is -1.66. The SMILES string of the molecule is [2H][C@@]12CCC[C@@H](Cl)[C@@H]1C(Cl)(Cl)C(=O)O2. The molecule has 0 aromatic carbocycles. The third-order valence-corrected chi connectivity index (χ3v) is 3.75. The summed E-state index contributed by atoms with van der Waals surface area (Å²) in [4.78, 5) is 11.3. The van der Waals surface area contributed by atoms with Gasteiger partial charge in [-0.2, -0.15) is 0 Å². The summed E-state index contributed by atoms with van der Waals surface area (Å²) in [7, 11) is 0. The number of carbonyl (C=O) groups excluding carboxylic acids is 1. The lowest BCUT2D eigenvalue weighted by atomic mass is 9.85. The first-order valence-corrected chi connectivity index (χ1v) is 5.32. The number of ether oxygens (including phenoxy) is 1. The lowest BCUT2D eigenvalue weighted by Gasteiger charge is -2.30. The first kappa shape index (κ1) is 8.63. The van der Waals surface area contributed by atoms with Gasteiger partial charge < -0.3 is 4.74 Å². The Bertz CT molecular complexity index is 284. The van der Waals surface area contributed by atoms with Gasteiger partial charge in [-0.25, -0.2) is 4.79 Å². The summed E-state index contributed by atoms with van der Waals surface area (Å²) in [6, 6.07) is 0. The van der Waals surface area contributed by atoms with Crippen molar-refractivity contribution in [1.82, 2.24) is 0 Å². The third kappa shape index (κ3) is 1.43. The minimum Gasteiger partial charge on any atom is -0.460 e. The normalized spacial score (nSPS) is 49.5. The van der Waals surface area contributed by atoms with E-state index in [0.29, 0.717) is 12.8 Å². The summed E-state index contributed by atoms with van der Waals surface area (Å²) in [5, 5.41) is -0.373. The van der Waals surface area contributed by atoms with Gasteiger partial charge in [-0.3, -0.25) is 0 Å². The van der Waals surface area contributed by atoms with Gasteiger partial charge >= 0.3 is 5.97 Å². The van der Waals surface area contributed by atoms with Crippen LogP contribution in [-0.4, -0.2) is 21.8 Å². The van der Waals surface area contributed by atoms with Crippen molar-refractivity contribution in [3.63, 3.8) is 0 Å². The number of hydrogen-bond acceptors (Lipinski definition) is 2. The van der Waals surface area contributed by atoms with E-state index >= 15 is 0 Å². The van der Waals surface area contributed by atoms with Crippen LogP contribution in [0.15, 0.2) is 0 Å². The van der Waals surface area contributed by atoms with Crippen LogP contribution in [0.1, 0.15) is 20.6 Å². The molecule has 0 aromatic rings. The van der Waals surface area contributed by atoms with Crippen molar-refractivity contribution >= 4 is 40.8 Å². The van der Waals surface area contributed by atoms with Crippen LogP contribution in [0, 0.1) is 5.92 Å². The molecule has 0 bridgehead atoms. The topological polar surface area (TPSA) is 26.3 Å². The highest BCUT2D eigenvalue weighted by molar-refractivity contribution is 6.58. The molecule has 2 nitrogen and oxygen atoms in total. The lowest BCUT2D eigenvalue weighted by Crippen LogP contribution is -2.39. The molecule has 5 heteroatoms. The molecule has 0 aromatic heterocycles. The Balaban J connectivity index is 2.39. The molecule has 1 aliphatic carbocycles. The Hall–Kier alpha value is 0.340. The van der Waals surface area contributed by atoms with Crippen molar-refractivity contribution in [3.8, 4) is 0 Å². The maximum Gasteiger partial charge on any atom is 0.343 e. The van der Waals surface area contributed by atoms with E-state index < -0.39 is 22.3 Å². The van der Waals surface area contributed by atoms with Crippen LogP contribution < -0.4 is 0 Å². The van der Waals surface area contributed by atoms with Gasteiger partial charge in [0.25, 0.3) is 0 Å². The van der Waals surface area contributed by atoms with E-state index in [1.54, 1.807) is 0 Å². The lowest BCUT2D eigenvalue weighted by molar-refractivity contribution is -0.142. The number of halogens is 3. The first-order chi connectivity index (χ1) is 6.38. The molecular formula is C8H9Cl3O2. The van der Waals surface area contributed by atoms with Gasteiger partial charge in [0.2, 0.25) is 4.33 Å². The Labute approximate surface area is 92.9 Å². The van der Waals surface area contributed by atoms with Gasteiger partial charge in [0.15, 0.2) is 0 Å². The highest BCUT2D eigenvalue weighted by Crippen LogP contribution is 2.49. The Morgan fingerprint density at radius 1 is 1.54 bits per heavy atom. The van der Waals surface area contributed by atoms with Crippen molar-refractivity contribution in [2.45, 2.75) is 35.1 Å². The molecule has 0 unspecified atom stereocenters. The summed E-state index contributed by atoms with van der Waals surface area (Å²) in [5.74, 6) is -1.38. The molecule has 2 aliphatic rings. The Morgan fingerprint density at radius 2 is 2.23 bits per heavy atom. The van der Waals surface area contributed by atoms with Crippen LogP contribution in [0.25, 0.3) is 0 Å². The van der Waals surface area contributed by atoms with E-state index in [9.17, 15) is 4.79 Å². The van der Waals surface area contributed by atoms with E-state index in [4.69, 9.17) is 40.9 Å². The molecule has 1 heterocycles. The molecule has 74 valence electrons. The number of hydrogen-bond donors (Lipinski definition) is 0. The van der Waals surface area contributed by atoms with E-state index in [0.717, 1.165) is 6.42 Å². The van der Waals surface area contributed by atoms with Gasteiger partial charge in [0.05, 0.1) is 7.29 Å². The second-order valence-electron chi connectivity index (χ2n) is 3.36. The maximum absolute atomic E-state index is 11.3. The van der Waals surface area contributed by atoms with E-state index in [2.05, 4.69) is 0 Å². The summed E-state index contributed by atoms with van der Waals surface area (Å²) < 4.78 is 11.2. The fraction of sp³-hybridized carbons (Fsp3) is 0.875. The zero-order valence-electron chi connectivity index (χ0n) is 7.73. The predicted molar refractivity (Wildman–Crippen MR) is 51.3 cm³/mol. The molecule has 13 heavy (non-hydrogen) atoms. The standard InChI is InChI=1S/C8H9Cl3O2/c9-4-2-1-3-5-6(4)8(10,11)7(12)13-5/h4-6H,1-3H2/t4-,5-,6+/m1/s1/i5D. The molecule has 1 saturated carbocycles. The molecular weight excluding hydrogens is 234 g/mol. The fourth-order valence-corrected chi connectivity index (χ4v) is 3.09. The van der Waals surface area contributed by atoms with Crippen LogP contribution in [0.3, 0.4) is 0 Å². The smallest absolute Gasteiger partial charge is 0.343 e. The van der Waals surface area contributed by atoms with Crippen molar-refractivity contribution in [2.24, 2.45) is 5.92 Å². The van der Waals surface area contributed by atoms with E-state index in [1.165, 1.54) is 0 Å². The molecule has 2 rings (SSSR count). The van der Waals surface area contributed by atoms with Crippen LogP contribution in [0.5, 0.6) is 0 Å². The number of fused-ring (bicyclic) bond motifs is 1. The molecule has 1 saturated heterocycles. The maximum atomic E-state index is 11.3. The summed E-state index contributed by atoms with van der Waals surface area (Å²) in [6.45, 7) is 0. The van der Waals surface area contributed by atoms with E-state index in [-0.39, 0.29) is 5.38 Å². The van der Waals surface area contributed by atoms with Crippen molar-refractivity contribution < 1.29 is 10.9 Å². The molecule has 0 N–H and O–H groups in total. The summed E-state index contributed by atoms with van der Waals surface area (Å²) in [5.41, 5.74) is 0. The number of esters is 1. The molecule has 0 amide bonds. The van der Waals surface area contributed by atoms with Gasteiger partial charge in [-0.1, -0.05) is 23.2 Å². The molecule has 2 fully saturated rings. The predicted octanol–water partition coefficient (Wildman–Crippen LogP) is 2.49. The van der Waals surface area contributed by atoms with Crippen LogP contribution in [0.2, 0.25) is 0 Å². The quantitative estimate of drug-likeness (QED) is 0.483.